The Hall–Kier alpha value is -1.44. The molecular formula is C16H22N2OS. The van der Waals surface area contributed by atoms with Crippen molar-refractivity contribution in [2.24, 2.45) is 5.73 Å². The molecule has 1 aromatic carbocycles. The van der Waals surface area contributed by atoms with Gasteiger partial charge in [0.05, 0.1) is 12.3 Å². The van der Waals surface area contributed by atoms with Crippen molar-refractivity contribution in [3.05, 3.63) is 35.4 Å². The molecule has 0 atom stereocenters. The highest BCUT2D eigenvalue weighted by atomic mass is 32.2. The fourth-order valence-electron chi connectivity index (χ4n) is 1.47. The summed E-state index contributed by atoms with van der Waals surface area (Å²) in [5.41, 5.74) is 7.32. The fourth-order valence-corrected chi connectivity index (χ4v) is 2.14. The van der Waals surface area contributed by atoms with E-state index in [1.54, 1.807) is 11.8 Å². The van der Waals surface area contributed by atoms with E-state index in [1.165, 1.54) is 0 Å². The largest absolute Gasteiger partial charge is 0.351 e. The van der Waals surface area contributed by atoms with Crippen LogP contribution in [0, 0.1) is 11.8 Å². The second-order valence-electron chi connectivity index (χ2n) is 5.34. The lowest BCUT2D eigenvalue weighted by molar-refractivity contribution is -0.118. The first kappa shape index (κ1) is 16.6. The molecule has 0 heterocycles. The van der Waals surface area contributed by atoms with Gasteiger partial charge in [-0.1, -0.05) is 50.8 Å². The Morgan fingerprint density at radius 1 is 1.35 bits per heavy atom. The molecule has 0 saturated carbocycles. The molecular weight excluding hydrogens is 268 g/mol. The predicted octanol–water partition coefficient (Wildman–Crippen LogP) is 2.14. The maximum absolute atomic E-state index is 11.8. The van der Waals surface area contributed by atoms with Gasteiger partial charge in [-0.05, 0) is 11.6 Å². The van der Waals surface area contributed by atoms with Crippen LogP contribution in [0.1, 0.15) is 31.9 Å². The van der Waals surface area contributed by atoms with E-state index in [0.29, 0.717) is 18.8 Å². The van der Waals surface area contributed by atoms with Crippen molar-refractivity contribution in [3.63, 3.8) is 0 Å². The van der Waals surface area contributed by atoms with Gasteiger partial charge in [0.2, 0.25) is 5.91 Å². The summed E-state index contributed by atoms with van der Waals surface area (Å²) in [5, 5.41) is 2.93. The van der Waals surface area contributed by atoms with Crippen molar-refractivity contribution >= 4 is 17.7 Å². The monoisotopic (exact) mass is 290 g/mol. The van der Waals surface area contributed by atoms with E-state index in [0.717, 1.165) is 11.1 Å². The van der Waals surface area contributed by atoms with Crippen LogP contribution in [0.15, 0.2) is 24.3 Å². The number of benzene rings is 1. The number of rotatable bonds is 4. The van der Waals surface area contributed by atoms with Crippen LogP contribution in [0.5, 0.6) is 0 Å². The van der Waals surface area contributed by atoms with Gasteiger partial charge in [-0.3, -0.25) is 4.79 Å². The molecule has 0 fully saturated rings. The summed E-state index contributed by atoms with van der Waals surface area (Å²) >= 11 is 1.64. The van der Waals surface area contributed by atoms with E-state index < -0.39 is 0 Å². The number of hydrogen-bond donors (Lipinski definition) is 2. The van der Waals surface area contributed by atoms with Crippen LogP contribution in [0.4, 0.5) is 0 Å². The number of nitrogens with one attached hydrogen (secondary N) is 1. The van der Waals surface area contributed by atoms with E-state index in [-0.39, 0.29) is 10.7 Å². The highest BCUT2D eigenvalue weighted by molar-refractivity contribution is 8.01. The zero-order valence-corrected chi connectivity index (χ0v) is 13.1. The van der Waals surface area contributed by atoms with Crippen LogP contribution < -0.4 is 11.1 Å². The third-order valence-corrected chi connectivity index (χ3v) is 3.73. The Labute approximate surface area is 125 Å². The Morgan fingerprint density at radius 3 is 2.70 bits per heavy atom. The quantitative estimate of drug-likeness (QED) is 0.835. The first-order valence-corrected chi connectivity index (χ1v) is 7.58. The second kappa shape index (κ2) is 7.98. The minimum Gasteiger partial charge on any atom is -0.351 e. The lowest BCUT2D eigenvalue weighted by Crippen LogP contribution is -2.26. The molecule has 0 aromatic heterocycles. The first-order chi connectivity index (χ1) is 9.42. The number of hydrogen-bond acceptors (Lipinski definition) is 3. The molecule has 0 radical (unpaired) electrons. The normalized spacial score (nSPS) is 10.6. The van der Waals surface area contributed by atoms with Crippen molar-refractivity contribution in [1.82, 2.24) is 5.32 Å². The number of nitrogens with two attached hydrogens (primary N) is 1. The smallest absolute Gasteiger partial charge is 0.230 e. The number of thioether (sulfide) groups is 1. The molecule has 20 heavy (non-hydrogen) atoms. The summed E-state index contributed by atoms with van der Waals surface area (Å²) in [6, 6.07) is 7.78. The van der Waals surface area contributed by atoms with Gasteiger partial charge in [-0.15, -0.1) is 11.8 Å². The van der Waals surface area contributed by atoms with Crippen LogP contribution in [0.25, 0.3) is 0 Å². The summed E-state index contributed by atoms with van der Waals surface area (Å²) < 4.78 is 0.0991. The highest BCUT2D eigenvalue weighted by Crippen LogP contribution is 2.22. The second-order valence-corrected chi connectivity index (χ2v) is 7.14. The van der Waals surface area contributed by atoms with Gasteiger partial charge < -0.3 is 11.1 Å². The lowest BCUT2D eigenvalue weighted by atomic mass is 10.1. The summed E-state index contributed by atoms with van der Waals surface area (Å²) in [5.74, 6) is 6.38. The van der Waals surface area contributed by atoms with Crippen molar-refractivity contribution in [3.8, 4) is 11.8 Å². The summed E-state index contributed by atoms with van der Waals surface area (Å²) in [6.45, 7) is 7.13. The molecule has 0 spiro atoms. The predicted molar refractivity (Wildman–Crippen MR) is 86.4 cm³/mol. The van der Waals surface area contributed by atoms with Crippen molar-refractivity contribution in [2.45, 2.75) is 32.1 Å². The molecule has 108 valence electrons. The van der Waals surface area contributed by atoms with Gasteiger partial charge in [0.25, 0.3) is 0 Å². The van der Waals surface area contributed by atoms with Crippen molar-refractivity contribution in [2.75, 3.05) is 12.3 Å². The maximum Gasteiger partial charge on any atom is 0.230 e. The molecule has 4 heteroatoms. The molecule has 0 aliphatic carbocycles. The zero-order chi connectivity index (χ0) is 15.0. The van der Waals surface area contributed by atoms with Crippen LogP contribution in [-0.4, -0.2) is 23.0 Å². The molecule has 3 nitrogen and oxygen atoms in total. The lowest BCUT2D eigenvalue weighted by Gasteiger charge is -2.17. The Bertz CT molecular complexity index is 509. The summed E-state index contributed by atoms with van der Waals surface area (Å²) in [7, 11) is 0. The van der Waals surface area contributed by atoms with Crippen molar-refractivity contribution < 1.29 is 4.79 Å². The van der Waals surface area contributed by atoms with Gasteiger partial charge in [0.15, 0.2) is 0 Å². The Kier molecular flexibility index (Phi) is 6.63. The van der Waals surface area contributed by atoms with Gasteiger partial charge in [0.1, 0.15) is 0 Å². The topological polar surface area (TPSA) is 55.1 Å². The third-order valence-electron chi connectivity index (χ3n) is 2.45. The SMILES string of the molecule is CC(C)(C)SCC(=O)NCc1ccccc1C#CCN. The van der Waals surface area contributed by atoms with Crippen LogP contribution in [0.3, 0.4) is 0 Å². The molecule has 3 N–H and O–H groups in total. The summed E-state index contributed by atoms with van der Waals surface area (Å²) in [6.07, 6.45) is 0. The van der Waals surface area contributed by atoms with Gasteiger partial charge in [-0.2, -0.15) is 0 Å². The van der Waals surface area contributed by atoms with Crippen molar-refractivity contribution in [1.29, 1.82) is 0 Å². The van der Waals surface area contributed by atoms with E-state index in [2.05, 4.69) is 37.9 Å². The maximum atomic E-state index is 11.8. The van der Waals surface area contributed by atoms with E-state index in [4.69, 9.17) is 5.73 Å². The third kappa shape index (κ3) is 6.65. The zero-order valence-electron chi connectivity index (χ0n) is 12.3. The number of amides is 1. The molecule has 1 amide bonds. The standard InChI is InChI=1S/C16H22N2OS/c1-16(2,3)20-12-15(19)18-11-14-8-5-4-7-13(14)9-6-10-17/h4-5,7-8H,10-12,17H2,1-3H3,(H,18,19). The Balaban J connectivity index is 2.55. The Morgan fingerprint density at radius 2 is 2.05 bits per heavy atom. The fraction of sp³-hybridized carbons (Fsp3) is 0.438. The van der Waals surface area contributed by atoms with Gasteiger partial charge in [0, 0.05) is 16.9 Å². The van der Waals surface area contributed by atoms with Gasteiger partial charge in [-0.25, -0.2) is 0 Å². The molecule has 0 bridgehead atoms. The molecule has 1 aromatic rings. The molecule has 1 rings (SSSR count). The highest BCUT2D eigenvalue weighted by Gasteiger charge is 2.13. The minimum atomic E-state index is 0.0477. The van der Waals surface area contributed by atoms with E-state index in [9.17, 15) is 4.79 Å². The van der Waals surface area contributed by atoms with Crippen LogP contribution in [0.2, 0.25) is 0 Å². The first-order valence-electron chi connectivity index (χ1n) is 6.60. The summed E-state index contributed by atoms with van der Waals surface area (Å²) in [4.78, 5) is 11.8. The molecule has 0 aliphatic heterocycles. The van der Waals surface area contributed by atoms with Gasteiger partial charge >= 0.3 is 0 Å². The molecule has 0 unspecified atom stereocenters. The average Bonchev–Trinajstić information content (AvgIpc) is 2.40. The van der Waals surface area contributed by atoms with Crippen LogP contribution in [-0.2, 0) is 11.3 Å². The molecule has 0 aliphatic rings. The van der Waals surface area contributed by atoms with E-state index in [1.807, 2.05) is 24.3 Å². The number of carbonyl (C=O) groups excluding carboxylic acids is 1. The molecule has 0 saturated heterocycles. The average molecular weight is 290 g/mol. The minimum absolute atomic E-state index is 0.0477. The van der Waals surface area contributed by atoms with E-state index >= 15 is 0 Å². The number of carbonyl (C=O) groups is 1. The van der Waals surface area contributed by atoms with Crippen LogP contribution >= 0.6 is 11.8 Å².